The van der Waals surface area contributed by atoms with Crippen molar-refractivity contribution in [3.63, 3.8) is 0 Å². The summed E-state index contributed by atoms with van der Waals surface area (Å²) in [7, 11) is 1.38. The van der Waals surface area contributed by atoms with E-state index in [1.165, 1.54) is 13.2 Å². The average molecular weight is 377 g/mol. The van der Waals surface area contributed by atoms with Crippen molar-refractivity contribution in [3.05, 3.63) is 53.5 Å². The third-order valence-electron chi connectivity index (χ3n) is 4.18. The van der Waals surface area contributed by atoms with Crippen molar-refractivity contribution in [3.8, 4) is 5.75 Å². The van der Waals surface area contributed by atoms with E-state index in [-0.39, 0.29) is 24.2 Å². The number of hydrogen-bond donors (Lipinski definition) is 1. The predicted octanol–water partition coefficient (Wildman–Crippen LogP) is 3.72. The third-order valence-corrected chi connectivity index (χ3v) is 4.18. The quantitative estimate of drug-likeness (QED) is 0.882. The normalized spacial score (nSPS) is 17.0. The smallest absolute Gasteiger partial charge is 0.416 e. The van der Waals surface area contributed by atoms with Crippen LogP contribution in [0.1, 0.15) is 22.9 Å². The molecule has 0 amide bonds. The van der Waals surface area contributed by atoms with Crippen LogP contribution in [0, 0.1) is 0 Å². The molecule has 2 heterocycles. The Balaban J connectivity index is 0.00000225. The summed E-state index contributed by atoms with van der Waals surface area (Å²) >= 11 is 0. The van der Waals surface area contributed by atoms with E-state index in [1.54, 1.807) is 12.3 Å². The lowest BCUT2D eigenvalue weighted by molar-refractivity contribution is -0.137. The number of rotatable bonds is 4. The number of ether oxygens (including phenoxy) is 1. The number of alkyl halides is 3. The van der Waals surface area contributed by atoms with Gasteiger partial charge in [-0.05, 0) is 24.3 Å². The second kappa shape index (κ2) is 8.12. The van der Waals surface area contributed by atoms with E-state index in [0.29, 0.717) is 11.3 Å². The molecule has 1 saturated heterocycles. The second-order valence-electron chi connectivity index (χ2n) is 5.66. The number of nitrogens with one attached hydrogen (secondary N) is 1. The molecule has 0 spiro atoms. The molecule has 1 aliphatic heterocycles. The van der Waals surface area contributed by atoms with Crippen molar-refractivity contribution in [2.24, 2.45) is 0 Å². The van der Waals surface area contributed by atoms with Gasteiger partial charge in [-0.3, -0.25) is 4.90 Å². The molecule has 3 rings (SSSR count). The van der Waals surface area contributed by atoms with Crippen LogP contribution in [0.4, 0.5) is 13.2 Å². The first-order chi connectivity index (χ1) is 11.5. The highest BCUT2D eigenvalue weighted by Gasteiger charge is 2.34. The molecule has 4 nitrogen and oxygen atoms in total. The SMILES string of the molecule is COc1cc(C(F)(F)F)ccc1[C@@H](c1ccco1)N1CCNCC1.Cl. The zero-order chi connectivity index (χ0) is 17.2. The van der Waals surface area contributed by atoms with Gasteiger partial charge < -0.3 is 14.5 Å². The highest BCUT2D eigenvalue weighted by Crippen LogP contribution is 2.39. The van der Waals surface area contributed by atoms with Crippen LogP contribution in [-0.2, 0) is 6.18 Å². The zero-order valence-electron chi connectivity index (χ0n) is 13.7. The highest BCUT2D eigenvalue weighted by molar-refractivity contribution is 5.85. The Bertz CT molecular complexity index is 671. The summed E-state index contributed by atoms with van der Waals surface area (Å²) in [6, 6.07) is 6.96. The number of furan rings is 1. The molecular formula is C17H20ClF3N2O2. The van der Waals surface area contributed by atoms with Gasteiger partial charge in [-0.2, -0.15) is 13.2 Å². The van der Waals surface area contributed by atoms with Gasteiger partial charge in [-0.15, -0.1) is 12.4 Å². The van der Waals surface area contributed by atoms with Crippen molar-refractivity contribution in [1.29, 1.82) is 0 Å². The minimum atomic E-state index is -4.40. The van der Waals surface area contributed by atoms with Gasteiger partial charge in [0.1, 0.15) is 11.5 Å². The molecular weight excluding hydrogens is 357 g/mol. The van der Waals surface area contributed by atoms with Gasteiger partial charge in [-0.1, -0.05) is 6.07 Å². The molecule has 1 aliphatic rings. The van der Waals surface area contributed by atoms with E-state index in [0.717, 1.165) is 38.3 Å². The maximum atomic E-state index is 13.0. The van der Waals surface area contributed by atoms with Crippen LogP contribution in [0.3, 0.4) is 0 Å². The summed E-state index contributed by atoms with van der Waals surface area (Å²) in [5, 5.41) is 3.27. The van der Waals surface area contributed by atoms with Gasteiger partial charge in [0.05, 0.1) is 25.0 Å². The lowest BCUT2D eigenvalue weighted by atomic mass is 9.99. The van der Waals surface area contributed by atoms with Crippen LogP contribution >= 0.6 is 12.4 Å². The molecule has 0 radical (unpaired) electrons. The first kappa shape index (κ1) is 19.6. The number of piperazine rings is 1. The standard InChI is InChI=1S/C17H19F3N2O2.ClH/c1-23-15-11-12(17(18,19)20)4-5-13(15)16(14-3-2-10-24-14)22-8-6-21-7-9-22;/h2-5,10-11,16,21H,6-9H2,1H3;1H/t16-;/m0./s1. The molecule has 0 saturated carbocycles. The molecule has 1 aromatic carbocycles. The molecule has 1 fully saturated rings. The first-order valence-electron chi connectivity index (χ1n) is 7.74. The topological polar surface area (TPSA) is 37.6 Å². The molecule has 2 aromatic rings. The van der Waals surface area contributed by atoms with E-state index in [2.05, 4.69) is 10.2 Å². The van der Waals surface area contributed by atoms with Crippen molar-refractivity contribution in [1.82, 2.24) is 10.2 Å². The first-order valence-corrected chi connectivity index (χ1v) is 7.74. The van der Waals surface area contributed by atoms with Crippen LogP contribution in [-0.4, -0.2) is 38.2 Å². The number of hydrogen-bond acceptors (Lipinski definition) is 4. The van der Waals surface area contributed by atoms with Gasteiger partial charge in [-0.25, -0.2) is 0 Å². The van der Waals surface area contributed by atoms with Crippen molar-refractivity contribution < 1.29 is 22.3 Å². The molecule has 1 aromatic heterocycles. The van der Waals surface area contributed by atoms with E-state index in [4.69, 9.17) is 9.15 Å². The predicted molar refractivity (Wildman–Crippen MR) is 90.2 cm³/mol. The summed E-state index contributed by atoms with van der Waals surface area (Å²) in [5.74, 6) is 0.903. The Morgan fingerprint density at radius 1 is 1.20 bits per heavy atom. The fraction of sp³-hybridized carbons (Fsp3) is 0.412. The molecule has 8 heteroatoms. The molecule has 0 unspecified atom stereocenters. The number of methoxy groups -OCH3 is 1. The Morgan fingerprint density at radius 2 is 1.92 bits per heavy atom. The zero-order valence-corrected chi connectivity index (χ0v) is 14.5. The maximum Gasteiger partial charge on any atom is 0.416 e. The largest absolute Gasteiger partial charge is 0.496 e. The lowest BCUT2D eigenvalue weighted by Gasteiger charge is -2.34. The molecule has 1 atom stereocenters. The Morgan fingerprint density at radius 3 is 2.48 bits per heavy atom. The molecule has 138 valence electrons. The fourth-order valence-electron chi connectivity index (χ4n) is 3.03. The van der Waals surface area contributed by atoms with Gasteiger partial charge >= 0.3 is 6.18 Å². The highest BCUT2D eigenvalue weighted by atomic mass is 35.5. The van der Waals surface area contributed by atoms with Crippen LogP contribution in [0.15, 0.2) is 41.0 Å². The van der Waals surface area contributed by atoms with Crippen molar-refractivity contribution in [2.45, 2.75) is 12.2 Å². The number of halogens is 4. The molecule has 25 heavy (non-hydrogen) atoms. The van der Waals surface area contributed by atoms with Gasteiger partial charge in [0, 0.05) is 31.7 Å². The Hall–Kier alpha value is -1.70. The summed E-state index contributed by atoms with van der Waals surface area (Å²) in [5.41, 5.74) is -0.0519. The maximum absolute atomic E-state index is 13.0. The number of nitrogens with zero attached hydrogens (tertiary/aromatic N) is 1. The van der Waals surface area contributed by atoms with Gasteiger partial charge in [0.15, 0.2) is 0 Å². The monoisotopic (exact) mass is 376 g/mol. The lowest BCUT2D eigenvalue weighted by Crippen LogP contribution is -2.45. The Labute approximate surface area is 150 Å². The van der Waals surface area contributed by atoms with Crippen LogP contribution in [0.25, 0.3) is 0 Å². The molecule has 0 bridgehead atoms. The molecule has 0 aliphatic carbocycles. The fourth-order valence-corrected chi connectivity index (χ4v) is 3.03. The summed E-state index contributed by atoms with van der Waals surface area (Å²) in [4.78, 5) is 2.18. The Kier molecular flexibility index (Phi) is 6.37. The summed E-state index contributed by atoms with van der Waals surface area (Å²) < 4.78 is 49.7. The van der Waals surface area contributed by atoms with Crippen LogP contribution in [0.5, 0.6) is 5.75 Å². The van der Waals surface area contributed by atoms with E-state index >= 15 is 0 Å². The van der Waals surface area contributed by atoms with Crippen LogP contribution < -0.4 is 10.1 Å². The molecule has 1 N–H and O–H groups in total. The number of benzene rings is 1. The average Bonchev–Trinajstić information content (AvgIpc) is 3.09. The van der Waals surface area contributed by atoms with E-state index in [9.17, 15) is 13.2 Å². The van der Waals surface area contributed by atoms with Gasteiger partial charge in [0.2, 0.25) is 0 Å². The van der Waals surface area contributed by atoms with Crippen LogP contribution in [0.2, 0.25) is 0 Å². The van der Waals surface area contributed by atoms with E-state index in [1.807, 2.05) is 6.07 Å². The second-order valence-corrected chi connectivity index (χ2v) is 5.66. The summed E-state index contributed by atoms with van der Waals surface area (Å²) in [6.45, 7) is 3.19. The van der Waals surface area contributed by atoms with Gasteiger partial charge in [0.25, 0.3) is 0 Å². The summed E-state index contributed by atoms with van der Waals surface area (Å²) in [6.07, 6.45) is -2.83. The van der Waals surface area contributed by atoms with Crippen molar-refractivity contribution in [2.75, 3.05) is 33.3 Å². The minimum Gasteiger partial charge on any atom is -0.496 e. The van der Waals surface area contributed by atoms with Crippen molar-refractivity contribution >= 4 is 12.4 Å². The third kappa shape index (κ3) is 4.29. The van der Waals surface area contributed by atoms with E-state index < -0.39 is 11.7 Å². The minimum absolute atomic E-state index is 0.